The third-order valence-electron chi connectivity index (χ3n) is 4.89. The normalized spacial score (nSPS) is 23.9. The summed E-state index contributed by atoms with van der Waals surface area (Å²) in [7, 11) is 0. The van der Waals surface area contributed by atoms with E-state index in [-0.39, 0.29) is 17.8 Å². The van der Waals surface area contributed by atoms with Crippen LogP contribution in [0, 0.1) is 11.8 Å². The summed E-state index contributed by atoms with van der Waals surface area (Å²) in [5.41, 5.74) is 0. The fourth-order valence-corrected chi connectivity index (χ4v) is 3.62. The SMILES string of the molecule is CCOC(=O)[C@@H]1CCCN(C(=O)CCC2CCCCC2)C1. The molecule has 4 heteroatoms. The minimum Gasteiger partial charge on any atom is -0.466 e. The van der Waals surface area contributed by atoms with Gasteiger partial charge < -0.3 is 9.64 Å². The highest BCUT2D eigenvalue weighted by Gasteiger charge is 2.29. The maximum Gasteiger partial charge on any atom is 0.310 e. The Morgan fingerprint density at radius 1 is 1.10 bits per heavy atom. The fraction of sp³-hybridized carbons (Fsp3) is 0.882. The van der Waals surface area contributed by atoms with Crippen molar-refractivity contribution in [3.8, 4) is 0 Å². The molecule has 0 bridgehead atoms. The molecule has 0 radical (unpaired) electrons. The third-order valence-corrected chi connectivity index (χ3v) is 4.89. The lowest BCUT2D eigenvalue weighted by Crippen LogP contribution is -2.42. The van der Waals surface area contributed by atoms with Gasteiger partial charge in [0, 0.05) is 19.5 Å². The summed E-state index contributed by atoms with van der Waals surface area (Å²) < 4.78 is 5.09. The topological polar surface area (TPSA) is 46.6 Å². The summed E-state index contributed by atoms with van der Waals surface area (Å²) in [5.74, 6) is 0.725. The van der Waals surface area contributed by atoms with E-state index < -0.39 is 0 Å². The molecule has 1 saturated carbocycles. The zero-order valence-corrected chi connectivity index (χ0v) is 13.3. The first kappa shape index (κ1) is 16.3. The number of hydrogen-bond acceptors (Lipinski definition) is 3. The molecule has 0 N–H and O–H groups in total. The summed E-state index contributed by atoms with van der Waals surface area (Å²) in [6, 6.07) is 0. The van der Waals surface area contributed by atoms with Gasteiger partial charge in [-0.3, -0.25) is 9.59 Å². The molecule has 21 heavy (non-hydrogen) atoms. The second kappa shape index (κ2) is 8.40. The minimum absolute atomic E-state index is 0.114. The second-order valence-corrected chi connectivity index (χ2v) is 6.47. The van der Waals surface area contributed by atoms with Gasteiger partial charge >= 0.3 is 5.97 Å². The van der Waals surface area contributed by atoms with E-state index in [1.807, 2.05) is 11.8 Å². The van der Waals surface area contributed by atoms with Crippen molar-refractivity contribution < 1.29 is 14.3 Å². The van der Waals surface area contributed by atoms with Gasteiger partial charge in [0.25, 0.3) is 0 Å². The Bertz CT molecular complexity index is 350. The highest BCUT2D eigenvalue weighted by molar-refractivity contribution is 5.78. The third kappa shape index (κ3) is 5.01. The lowest BCUT2D eigenvalue weighted by Gasteiger charge is -2.32. The lowest BCUT2D eigenvalue weighted by atomic mass is 9.86. The number of carbonyl (C=O) groups excluding carboxylic acids is 2. The van der Waals surface area contributed by atoms with Crippen molar-refractivity contribution in [2.24, 2.45) is 11.8 Å². The van der Waals surface area contributed by atoms with Gasteiger partial charge in [-0.1, -0.05) is 32.1 Å². The van der Waals surface area contributed by atoms with Crippen molar-refractivity contribution in [1.82, 2.24) is 4.90 Å². The van der Waals surface area contributed by atoms with Crippen LogP contribution in [0.25, 0.3) is 0 Å². The van der Waals surface area contributed by atoms with E-state index in [1.165, 1.54) is 32.1 Å². The Kier molecular flexibility index (Phi) is 6.52. The van der Waals surface area contributed by atoms with E-state index in [0.29, 0.717) is 19.6 Å². The largest absolute Gasteiger partial charge is 0.466 e. The quantitative estimate of drug-likeness (QED) is 0.732. The maximum atomic E-state index is 12.3. The highest BCUT2D eigenvalue weighted by atomic mass is 16.5. The van der Waals surface area contributed by atoms with Crippen LogP contribution >= 0.6 is 0 Å². The average molecular weight is 295 g/mol. The molecule has 0 spiro atoms. The molecule has 1 atom stereocenters. The molecule has 2 fully saturated rings. The zero-order chi connectivity index (χ0) is 15.1. The van der Waals surface area contributed by atoms with Crippen molar-refractivity contribution in [3.05, 3.63) is 0 Å². The molecule has 0 unspecified atom stereocenters. The molecule has 1 aliphatic carbocycles. The van der Waals surface area contributed by atoms with E-state index in [4.69, 9.17) is 4.74 Å². The van der Waals surface area contributed by atoms with Gasteiger partial charge in [0.15, 0.2) is 0 Å². The molecule has 1 saturated heterocycles. The molecule has 4 nitrogen and oxygen atoms in total. The monoisotopic (exact) mass is 295 g/mol. The van der Waals surface area contributed by atoms with Crippen LogP contribution in [0.5, 0.6) is 0 Å². The van der Waals surface area contributed by atoms with Crippen molar-refractivity contribution in [2.45, 2.75) is 64.7 Å². The van der Waals surface area contributed by atoms with Crippen LogP contribution in [-0.4, -0.2) is 36.5 Å². The Morgan fingerprint density at radius 2 is 1.86 bits per heavy atom. The molecule has 1 heterocycles. The number of nitrogens with zero attached hydrogens (tertiary/aromatic N) is 1. The van der Waals surface area contributed by atoms with Crippen LogP contribution in [0.4, 0.5) is 0 Å². The van der Waals surface area contributed by atoms with Crippen molar-refractivity contribution in [3.63, 3.8) is 0 Å². The van der Waals surface area contributed by atoms with E-state index in [1.54, 1.807) is 0 Å². The van der Waals surface area contributed by atoms with Crippen LogP contribution in [-0.2, 0) is 14.3 Å². The molecular weight excluding hydrogens is 266 g/mol. The molecule has 2 aliphatic rings. The lowest BCUT2D eigenvalue weighted by molar-refractivity contribution is -0.151. The maximum absolute atomic E-state index is 12.3. The van der Waals surface area contributed by atoms with Gasteiger partial charge in [-0.2, -0.15) is 0 Å². The number of carbonyl (C=O) groups is 2. The number of esters is 1. The van der Waals surface area contributed by atoms with Gasteiger partial charge in [0.1, 0.15) is 0 Å². The molecule has 0 aromatic heterocycles. The second-order valence-electron chi connectivity index (χ2n) is 6.47. The molecule has 2 rings (SSSR count). The predicted octanol–water partition coefficient (Wildman–Crippen LogP) is 3.15. The summed E-state index contributed by atoms with van der Waals surface area (Å²) in [5, 5.41) is 0. The molecule has 0 aromatic rings. The number of piperidine rings is 1. The van der Waals surface area contributed by atoms with Gasteiger partial charge in [-0.25, -0.2) is 0 Å². The number of hydrogen-bond donors (Lipinski definition) is 0. The molecule has 1 aliphatic heterocycles. The Balaban J connectivity index is 1.74. The van der Waals surface area contributed by atoms with Gasteiger partial charge in [0.05, 0.1) is 12.5 Å². The zero-order valence-electron chi connectivity index (χ0n) is 13.3. The van der Waals surface area contributed by atoms with E-state index >= 15 is 0 Å². The van der Waals surface area contributed by atoms with Crippen LogP contribution in [0.1, 0.15) is 64.7 Å². The minimum atomic E-state index is -0.137. The summed E-state index contributed by atoms with van der Waals surface area (Å²) in [6.07, 6.45) is 10.0. The van der Waals surface area contributed by atoms with Crippen molar-refractivity contribution in [2.75, 3.05) is 19.7 Å². The van der Waals surface area contributed by atoms with Crippen molar-refractivity contribution in [1.29, 1.82) is 0 Å². The molecule has 0 aromatic carbocycles. The first-order valence-corrected chi connectivity index (χ1v) is 8.65. The Labute approximate surface area is 128 Å². The van der Waals surface area contributed by atoms with Crippen LogP contribution in [0.2, 0.25) is 0 Å². The molecular formula is C17H29NO3. The number of likely N-dealkylation sites (tertiary alicyclic amines) is 1. The Hall–Kier alpha value is -1.06. The summed E-state index contributed by atoms with van der Waals surface area (Å²) in [4.78, 5) is 26.0. The summed E-state index contributed by atoms with van der Waals surface area (Å²) in [6.45, 7) is 3.61. The summed E-state index contributed by atoms with van der Waals surface area (Å²) >= 11 is 0. The highest BCUT2D eigenvalue weighted by Crippen LogP contribution is 2.28. The number of rotatable bonds is 5. The van der Waals surface area contributed by atoms with Gasteiger partial charge in [-0.15, -0.1) is 0 Å². The number of amides is 1. The van der Waals surface area contributed by atoms with E-state index in [2.05, 4.69) is 0 Å². The fourth-order valence-electron chi connectivity index (χ4n) is 3.62. The van der Waals surface area contributed by atoms with Crippen LogP contribution in [0.3, 0.4) is 0 Å². The molecule has 120 valence electrons. The van der Waals surface area contributed by atoms with Crippen LogP contribution in [0.15, 0.2) is 0 Å². The van der Waals surface area contributed by atoms with Gasteiger partial charge in [0.2, 0.25) is 5.91 Å². The first-order chi connectivity index (χ1) is 10.2. The Morgan fingerprint density at radius 3 is 2.57 bits per heavy atom. The average Bonchev–Trinajstić information content (AvgIpc) is 2.54. The van der Waals surface area contributed by atoms with Crippen molar-refractivity contribution >= 4 is 11.9 Å². The van der Waals surface area contributed by atoms with Gasteiger partial charge in [-0.05, 0) is 32.1 Å². The van der Waals surface area contributed by atoms with Crippen LogP contribution < -0.4 is 0 Å². The first-order valence-electron chi connectivity index (χ1n) is 8.65. The van der Waals surface area contributed by atoms with E-state index in [0.717, 1.165) is 31.7 Å². The predicted molar refractivity (Wildman–Crippen MR) is 81.7 cm³/mol. The standard InChI is InChI=1S/C17H29NO3/c1-2-21-17(20)15-9-6-12-18(13-15)16(19)11-10-14-7-4-3-5-8-14/h14-15H,2-13H2,1H3/t15-/m1/s1. The van der Waals surface area contributed by atoms with E-state index in [9.17, 15) is 9.59 Å². The number of ether oxygens (including phenoxy) is 1. The molecule has 1 amide bonds. The smallest absolute Gasteiger partial charge is 0.310 e.